The van der Waals surface area contributed by atoms with Crippen molar-refractivity contribution in [1.82, 2.24) is 24.9 Å². The maximum Gasteiger partial charge on any atom is 0.416 e. The summed E-state index contributed by atoms with van der Waals surface area (Å²) in [6, 6.07) is 92.9. The van der Waals surface area contributed by atoms with Crippen molar-refractivity contribution in [1.29, 1.82) is 0 Å². The van der Waals surface area contributed by atoms with Gasteiger partial charge in [-0.05, 0) is 365 Å². The molecular weight excluding hydrogens is 1890 g/mol. The van der Waals surface area contributed by atoms with E-state index >= 15 is 0 Å². The number of aryl methyl sites for hydroxylation is 5. The Morgan fingerprint density at radius 3 is 1.20 bits per heavy atom. The van der Waals surface area contributed by atoms with E-state index < -0.39 is 41.9 Å². The maximum atomic E-state index is 12.9. The van der Waals surface area contributed by atoms with Crippen LogP contribution in [0.2, 0.25) is 5.02 Å². The number of nitrogens with one attached hydrogen (secondary N) is 7. The molecule has 1 aliphatic rings. The summed E-state index contributed by atoms with van der Waals surface area (Å²) in [5, 5.41) is 24.1. The third-order valence-corrected chi connectivity index (χ3v) is 24.4. The molecule has 0 radical (unpaired) electrons. The number of nitrogens with zero attached hydrogens (tertiary/aromatic N) is 4. The second kappa shape index (κ2) is 45.0. The molecule has 4 aromatic heterocycles. The molecule has 0 fully saturated rings. The number of benzene rings is 15. The summed E-state index contributed by atoms with van der Waals surface area (Å²) >= 11 is 5.96. The minimum Gasteiger partial charge on any atom is -0.493 e. The molecule has 19 aromatic rings. The standard InChI is InChI=1S/C25H20N2O2.C24H18F2N2O2.C23H18ClN3O.C23H21F3N2O.C22H17F3N4O/c1-16-2-6-22(27-25(28)20-5-7-24-19(13-20)9-11-29-24)14-23(16)18-4-3-17-8-10-26-15-21(17)12-18;1-15-2-7-20(28-23(29)17-5-8-21(9-6-17)30-24(25)26)13-22(15)18-4-3-16-10-11-27-14-19(16)12-18;1-15-5-8-21(27-23(28)26-20-4-2-3-19(24)12-20)13-22(15)17-7-6-16-9-10-25-14-18(16)11-17;1-14-9-10-20(13-21(14)17-6-3-5-16(11-17)15(2)27)28-22(29)18-7-4-8-19(12-18)23(24,25)26;1-12-5-7-16(27-20(30)14-3-2-4-15(9-14)22(23,24)25)11-17(12)13-6-8-18-19(10-13)29-21(26)28-18/h2-8,10,12-15H,9,11H2,1H3,(H,27,28);2-14,24H,1H3,(H,28,29);2-14H,1H3,(H2,26,27,28);3-13,15H,27H2,1-2H3,(H,28,29);2-11H,1H3,(H,27,30)(H3,26,28,29)/t;;;15-;/m...1./s1. The number of hydrogen-bond donors (Lipinski definition) is 9. The number of fused-ring (bicyclic) bond motifs is 5. The molecule has 15 aromatic carbocycles. The van der Waals surface area contributed by atoms with Gasteiger partial charge in [0.2, 0.25) is 0 Å². The molecule has 0 unspecified atom stereocenters. The van der Waals surface area contributed by atoms with Crippen molar-refractivity contribution in [3.05, 3.63) is 436 Å². The summed E-state index contributed by atoms with van der Waals surface area (Å²) in [6.45, 7) is 9.71. The van der Waals surface area contributed by atoms with Crippen LogP contribution in [-0.4, -0.2) is 67.8 Å². The quantitative estimate of drug-likeness (QED) is 0.0362. The van der Waals surface area contributed by atoms with Gasteiger partial charge in [-0.2, -0.15) is 35.1 Å². The zero-order valence-corrected chi connectivity index (χ0v) is 80.1. The van der Waals surface area contributed by atoms with Crippen LogP contribution in [0.1, 0.15) is 104 Å². The van der Waals surface area contributed by atoms with Crippen LogP contribution in [0.4, 0.5) is 80.0 Å². The van der Waals surface area contributed by atoms with Crippen molar-refractivity contribution in [3.63, 3.8) is 0 Å². The van der Waals surface area contributed by atoms with Crippen LogP contribution in [0.25, 0.3) is 99.0 Å². The molecule has 0 spiro atoms. The van der Waals surface area contributed by atoms with E-state index in [2.05, 4.69) is 118 Å². The second-order valence-corrected chi connectivity index (χ2v) is 35.1. The summed E-state index contributed by atoms with van der Waals surface area (Å²) in [6.07, 6.45) is 2.73. The van der Waals surface area contributed by atoms with Crippen LogP contribution in [0.3, 0.4) is 0 Å². The van der Waals surface area contributed by atoms with Gasteiger partial charge >= 0.3 is 25.0 Å². The summed E-state index contributed by atoms with van der Waals surface area (Å²) in [4.78, 5) is 82.3. The molecule has 0 saturated heterocycles. The highest BCUT2D eigenvalue weighted by Crippen LogP contribution is 2.39. The number of aromatic nitrogens is 5. The van der Waals surface area contributed by atoms with Crippen molar-refractivity contribution in [2.24, 2.45) is 5.73 Å². The molecule has 732 valence electrons. The molecule has 0 bridgehead atoms. The van der Waals surface area contributed by atoms with Gasteiger partial charge in [0, 0.05) is 127 Å². The highest BCUT2D eigenvalue weighted by atomic mass is 35.5. The van der Waals surface area contributed by atoms with E-state index in [0.29, 0.717) is 57.1 Å². The molecule has 20 nitrogen and oxygen atoms in total. The van der Waals surface area contributed by atoms with Gasteiger partial charge in [0.05, 0.1) is 28.8 Å². The van der Waals surface area contributed by atoms with Gasteiger partial charge in [0.15, 0.2) is 5.95 Å². The van der Waals surface area contributed by atoms with Crippen molar-refractivity contribution in [2.45, 2.75) is 73.0 Å². The number of aromatic amines is 1. The number of nitrogens with two attached hydrogens (primary N) is 2. The smallest absolute Gasteiger partial charge is 0.416 e. The summed E-state index contributed by atoms with van der Waals surface area (Å²) in [5.74, 6) is -0.466. The Balaban J connectivity index is 0.000000131. The Labute approximate surface area is 839 Å². The number of amides is 6. The van der Waals surface area contributed by atoms with Crippen LogP contribution >= 0.6 is 11.6 Å². The predicted octanol–water partition coefficient (Wildman–Crippen LogP) is 29.3. The minimum atomic E-state index is -4.51. The first kappa shape index (κ1) is 101. The van der Waals surface area contributed by atoms with E-state index in [4.69, 9.17) is 27.8 Å². The van der Waals surface area contributed by atoms with E-state index in [1.807, 2.05) is 204 Å². The van der Waals surface area contributed by atoms with Gasteiger partial charge in [-0.3, -0.25) is 34.1 Å². The molecule has 1 aliphatic heterocycles. The number of anilines is 7. The van der Waals surface area contributed by atoms with Gasteiger partial charge in [0.25, 0.3) is 23.6 Å². The molecule has 29 heteroatoms. The van der Waals surface area contributed by atoms with Crippen LogP contribution in [0.15, 0.2) is 359 Å². The first-order valence-corrected chi connectivity index (χ1v) is 46.4. The molecule has 0 saturated carbocycles. The zero-order chi connectivity index (χ0) is 103. The number of rotatable bonds is 18. The Morgan fingerprint density at radius 1 is 0.390 bits per heavy atom. The fraction of sp³-hybridized carbons (Fsp3) is 0.103. The molecule has 146 heavy (non-hydrogen) atoms. The summed E-state index contributed by atoms with van der Waals surface area (Å²) in [5.41, 5.74) is 33.5. The van der Waals surface area contributed by atoms with Crippen molar-refractivity contribution in [3.8, 4) is 67.1 Å². The van der Waals surface area contributed by atoms with E-state index in [1.54, 1.807) is 67.1 Å². The second-order valence-electron chi connectivity index (χ2n) is 34.6. The topological polar surface area (TPSA) is 295 Å². The lowest BCUT2D eigenvalue weighted by molar-refractivity contribution is -0.138. The number of H-pyrrole nitrogens is 1. The van der Waals surface area contributed by atoms with Gasteiger partial charge in [0.1, 0.15) is 11.5 Å². The average molecular weight is 1980 g/mol. The van der Waals surface area contributed by atoms with Crippen molar-refractivity contribution in [2.75, 3.05) is 44.2 Å². The largest absolute Gasteiger partial charge is 0.493 e. The number of alkyl halides is 8. The number of imidazole rings is 1. The lowest BCUT2D eigenvalue weighted by atomic mass is 9.96. The number of urea groups is 1. The average Bonchev–Trinajstić information content (AvgIpc) is 1.67. The molecular formula is C117H94ClF8N13O7. The fourth-order valence-electron chi connectivity index (χ4n) is 16.5. The molecule has 20 rings (SSSR count). The maximum absolute atomic E-state index is 12.9. The van der Waals surface area contributed by atoms with Crippen molar-refractivity contribution >= 4 is 125 Å². The zero-order valence-electron chi connectivity index (χ0n) is 79.3. The number of halogens is 9. The van der Waals surface area contributed by atoms with Crippen LogP contribution in [0.5, 0.6) is 11.5 Å². The van der Waals surface area contributed by atoms with Gasteiger partial charge in [-0.25, -0.2) is 9.78 Å². The van der Waals surface area contributed by atoms with Crippen molar-refractivity contribution < 1.29 is 68.6 Å². The summed E-state index contributed by atoms with van der Waals surface area (Å²) in [7, 11) is 0. The first-order chi connectivity index (χ1) is 70.1. The number of ether oxygens (including phenoxy) is 2. The number of pyridine rings is 3. The SMILES string of the molecule is Cc1ccc(NC(=O)Nc2cccc(Cl)c2)cc1-c1ccc2ccncc2c1.Cc1ccc(NC(=O)c2ccc(OC(F)F)cc2)cc1-c1ccc2ccncc2c1.Cc1ccc(NC(=O)c2ccc3c(c2)CCO3)cc1-c1ccc2ccncc2c1.Cc1ccc(NC(=O)c2cccc(C(F)(F)F)c2)cc1-c1ccc2nc(N)[nH]c2c1.Cc1ccc(NC(=O)c2cccc(C(F)(F)F)c2)cc1-c1cccc([C@@H](C)N)c1. The number of carbonyl (C=O) groups is 5. The Hall–Kier alpha value is -17.8. The molecule has 1 atom stereocenters. The highest BCUT2D eigenvalue weighted by Gasteiger charge is 2.33. The van der Waals surface area contributed by atoms with Gasteiger partial charge in [-0.15, -0.1) is 0 Å². The van der Waals surface area contributed by atoms with Gasteiger partial charge in [-0.1, -0.05) is 121 Å². The monoisotopic (exact) mass is 1980 g/mol. The Bertz CT molecular complexity index is 8120. The van der Waals surface area contributed by atoms with Gasteiger partial charge < -0.3 is 57.8 Å². The third-order valence-electron chi connectivity index (χ3n) is 24.1. The van der Waals surface area contributed by atoms with E-state index in [-0.39, 0.29) is 40.8 Å². The third kappa shape index (κ3) is 25.8. The van der Waals surface area contributed by atoms with E-state index in [1.165, 1.54) is 48.5 Å². The lowest BCUT2D eigenvalue weighted by Gasteiger charge is -2.13. The number of hydrogen-bond acceptors (Lipinski definition) is 13. The van der Waals surface area contributed by atoms with Crippen LogP contribution < -0.4 is 52.8 Å². The van der Waals surface area contributed by atoms with Crippen LogP contribution in [0, 0.1) is 34.6 Å². The number of nitrogen functional groups attached to an aromatic ring is 1. The summed E-state index contributed by atoms with van der Waals surface area (Å²) < 4.78 is 112. The van der Waals surface area contributed by atoms with Crippen LogP contribution in [-0.2, 0) is 18.8 Å². The molecule has 5 heterocycles. The number of carbonyl (C=O) groups excluding carboxylic acids is 5. The minimum absolute atomic E-state index is 0.00460. The van der Waals surface area contributed by atoms with E-state index in [9.17, 15) is 59.1 Å². The first-order valence-electron chi connectivity index (χ1n) is 46.0. The Morgan fingerprint density at radius 2 is 0.774 bits per heavy atom. The molecule has 0 aliphatic carbocycles. The highest BCUT2D eigenvalue weighted by molar-refractivity contribution is 6.31. The molecule has 11 N–H and O–H groups in total. The fourth-order valence-corrected chi connectivity index (χ4v) is 16.6. The Kier molecular flexibility index (Phi) is 31.2. The lowest BCUT2D eigenvalue weighted by Crippen LogP contribution is -2.19. The van der Waals surface area contributed by atoms with E-state index in [0.717, 1.165) is 180 Å². The molecule has 6 amide bonds. The predicted molar refractivity (Wildman–Crippen MR) is 563 cm³/mol. The normalized spacial score (nSPS) is 11.6.